The van der Waals surface area contributed by atoms with Gasteiger partial charge in [0.1, 0.15) is 0 Å². The van der Waals surface area contributed by atoms with Gasteiger partial charge in [0.25, 0.3) is 0 Å². The molecule has 2 rings (SSSR count). The van der Waals surface area contributed by atoms with E-state index in [9.17, 15) is 4.79 Å². The van der Waals surface area contributed by atoms with E-state index < -0.39 is 0 Å². The summed E-state index contributed by atoms with van der Waals surface area (Å²) in [5.41, 5.74) is 1.07. The van der Waals surface area contributed by atoms with E-state index in [1.54, 1.807) is 11.3 Å². The van der Waals surface area contributed by atoms with Crippen molar-refractivity contribution in [3.05, 3.63) is 10.6 Å². The molecule has 1 aromatic rings. The molecule has 5 nitrogen and oxygen atoms in total. The number of aryl methyl sites for hydroxylation is 1. The molecule has 0 radical (unpaired) electrons. The first-order valence-corrected chi connectivity index (χ1v) is 9.96. The molecular weight excluding hydrogens is 320 g/mol. The summed E-state index contributed by atoms with van der Waals surface area (Å²) in [6.07, 6.45) is 7.31. The molecule has 0 aliphatic heterocycles. The van der Waals surface area contributed by atoms with Crippen LogP contribution in [0.25, 0.3) is 0 Å². The largest absolute Gasteiger partial charge is 0.354 e. The maximum Gasteiger partial charge on any atom is 0.314 e. The summed E-state index contributed by atoms with van der Waals surface area (Å²) >= 11 is 1.70. The highest BCUT2D eigenvalue weighted by molar-refractivity contribution is 7.15. The van der Waals surface area contributed by atoms with Crippen LogP contribution in [0.3, 0.4) is 0 Å². The number of rotatable bonds is 7. The fourth-order valence-electron chi connectivity index (χ4n) is 3.38. The Labute approximate surface area is 150 Å². The number of nitrogens with one attached hydrogen (secondary N) is 2. The third kappa shape index (κ3) is 5.65. The Hall–Kier alpha value is -1.30. The third-order valence-corrected chi connectivity index (χ3v) is 6.31. The summed E-state index contributed by atoms with van der Waals surface area (Å²) in [6, 6.07) is -0.0383. The van der Waals surface area contributed by atoms with Gasteiger partial charge in [-0.15, -0.1) is 11.3 Å². The van der Waals surface area contributed by atoms with Crippen LogP contribution in [0.5, 0.6) is 0 Å². The molecule has 2 N–H and O–H groups in total. The number of amides is 2. The first-order valence-electron chi connectivity index (χ1n) is 9.14. The van der Waals surface area contributed by atoms with E-state index in [0.29, 0.717) is 12.5 Å². The maximum absolute atomic E-state index is 12.0. The summed E-state index contributed by atoms with van der Waals surface area (Å²) in [6.45, 7) is 5.78. The van der Waals surface area contributed by atoms with E-state index in [1.807, 2.05) is 25.9 Å². The van der Waals surface area contributed by atoms with Crippen LogP contribution in [0.15, 0.2) is 0 Å². The lowest BCUT2D eigenvalue weighted by molar-refractivity contribution is 0.227. The average Bonchev–Trinajstić information content (AvgIpc) is 2.94. The molecule has 6 heteroatoms. The molecular formula is C18H32N4OS. The Morgan fingerprint density at radius 1 is 1.29 bits per heavy atom. The summed E-state index contributed by atoms with van der Waals surface area (Å²) in [5.74, 6) is 1.51. The number of hydrogen-bond acceptors (Lipinski definition) is 4. The molecule has 1 heterocycles. The van der Waals surface area contributed by atoms with E-state index in [-0.39, 0.29) is 6.03 Å². The molecule has 0 bridgehead atoms. The van der Waals surface area contributed by atoms with Crippen molar-refractivity contribution in [2.75, 3.05) is 32.1 Å². The van der Waals surface area contributed by atoms with Crippen molar-refractivity contribution < 1.29 is 4.79 Å². The highest BCUT2D eigenvalue weighted by Crippen LogP contribution is 2.30. The highest BCUT2D eigenvalue weighted by Gasteiger charge is 2.21. The number of anilines is 1. The third-order valence-electron chi connectivity index (χ3n) is 4.92. The smallest absolute Gasteiger partial charge is 0.314 e. The summed E-state index contributed by atoms with van der Waals surface area (Å²) < 4.78 is 0. The molecule has 1 aliphatic carbocycles. The second-order valence-corrected chi connectivity index (χ2v) is 8.16. The van der Waals surface area contributed by atoms with Gasteiger partial charge in [0.05, 0.1) is 5.69 Å². The summed E-state index contributed by atoms with van der Waals surface area (Å²) in [5, 5.41) is 7.05. The van der Waals surface area contributed by atoms with Crippen molar-refractivity contribution in [1.82, 2.24) is 15.6 Å². The summed E-state index contributed by atoms with van der Waals surface area (Å²) in [4.78, 5) is 19.8. The average molecular weight is 353 g/mol. The van der Waals surface area contributed by atoms with Crippen LogP contribution in [-0.2, 0) is 6.42 Å². The van der Waals surface area contributed by atoms with Crippen LogP contribution in [0.1, 0.15) is 49.6 Å². The molecule has 0 aromatic carbocycles. The van der Waals surface area contributed by atoms with Gasteiger partial charge in [0, 0.05) is 38.5 Å². The van der Waals surface area contributed by atoms with Gasteiger partial charge >= 0.3 is 6.03 Å². The molecule has 2 atom stereocenters. The van der Waals surface area contributed by atoms with Crippen LogP contribution in [0, 0.1) is 18.8 Å². The SMILES string of the molecule is CCC1CCCC(CNC(=O)NCCc2sc(N(C)C)nc2C)C1. The molecule has 1 aromatic heterocycles. The predicted octanol–water partition coefficient (Wildman–Crippen LogP) is 3.58. The van der Waals surface area contributed by atoms with Crippen molar-refractivity contribution in [3.8, 4) is 0 Å². The monoisotopic (exact) mass is 352 g/mol. The molecule has 1 aliphatic rings. The zero-order chi connectivity index (χ0) is 17.5. The second kappa shape index (κ2) is 9.25. The number of aromatic nitrogens is 1. The van der Waals surface area contributed by atoms with Gasteiger partial charge in [0.2, 0.25) is 0 Å². The Balaban J connectivity index is 1.66. The van der Waals surface area contributed by atoms with Crippen molar-refractivity contribution in [2.24, 2.45) is 11.8 Å². The first kappa shape index (κ1) is 19.0. The van der Waals surface area contributed by atoms with Crippen LogP contribution in [-0.4, -0.2) is 38.2 Å². The van der Waals surface area contributed by atoms with Crippen molar-refractivity contribution in [1.29, 1.82) is 0 Å². The topological polar surface area (TPSA) is 57.3 Å². The maximum atomic E-state index is 12.0. The van der Waals surface area contributed by atoms with E-state index in [1.165, 1.54) is 37.0 Å². The zero-order valence-corrected chi connectivity index (χ0v) is 16.3. The van der Waals surface area contributed by atoms with Crippen LogP contribution >= 0.6 is 11.3 Å². The molecule has 136 valence electrons. The van der Waals surface area contributed by atoms with E-state index in [0.717, 1.165) is 29.7 Å². The van der Waals surface area contributed by atoms with E-state index >= 15 is 0 Å². The van der Waals surface area contributed by atoms with Gasteiger partial charge in [0.15, 0.2) is 5.13 Å². The number of carbonyl (C=O) groups is 1. The first-order chi connectivity index (χ1) is 11.5. The van der Waals surface area contributed by atoms with Gasteiger partial charge < -0.3 is 15.5 Å². The molecule has 2 unspecified atom stereocenters. The van der Waals surface area contributed by atoms with Gasteiger partial charge in [-0.1, -0.05) is 26.2 Å². The van der Waals surface area contributed by atoms with Crippen molar-refractivity contribution in [2.45, 2.75) is 52.4 Å². The Morgan fingerprint density at radius 2 is 2.04 bits per heavy atom. The van der Waals surface area contributed by atoms with Crippen molar-refractivity contribution in [3.63, 3.8) is 0 Å². The Bertz CT molecular complexity index is 529. The number of carbonyl (C=O) groups excluding carboxylic acids is 1. The Kier molecular flexibility index (Phi) is 7.34. The van der Waals surface area contributed by atoms with E-state index in [2.05, 4.69) is 22.5 Å². The minimum absolute atomic E-state index is 0.0383. The van der Waals surface area contributed by atoms with Gasteiger partial charge in [-0.3, -0.25) is 0 Å². The predicted molar refractivity (Wildman–Crippen MR) is 102 cm³/mol. The number of nitrogens with zero attached hydrogens (tertiary/aromatic N) is 2. The zero-order valence-electron chi connectivity index (χ0n) is 15.5. The molecule has 1 saturated carbocycles. The lowest BCUT2D eigenvalue weighted by Gasteiger charge is -2.28. The fourth-order valence-corrected chi connectivity index (χ4v) is 4.37. The van der Waals surface area contributed by atoms with Gasteiger partial charge in [-0.2, -0.15) is 0 Å². The second-order valence-electron chi connectivity index (χ2n) is 7.09. The standard InChI is InChI=1S/C18H32N4OS/c1-5-14-7-6-8-15(11-14)12-20-17(23)19-10-9-16-13(2)21-18(24-16)22(3)4/h14-15H,5-12H2,1-4H3,(H2,19,20,23). The molecule has 0 saturated heterocycles. The van der Waals surface area contributed by atoms with E-state index in [4.69, 9.17) is 0 Å². The number of thiazole rings is 1. The van der Waals surface area contributed by atoms with Crippen LogP contribution < -0.4 is 15.5 Å². The Morgan fingerprint density at radius 3 is 2.71 bits per heavy atom. The minimum Gasteiger partial charge on any atom is -0.354 e. The van der Waals surface area contributed by atoms with Crippen LogP contribution in [0.2, 0.25) is 0 Å². The number of urea groups is 1. The normalized spacial score (nSPS) is 20.7. The lowest BCUT2D eigenvalue weighted by Crippen LogP contribution is -2.39. The van der Waals surface area contributed by atoms with Gasteiger partial charge in [-0.25, -0.2) is 9.78 Å². The van der Waals surface area contributed by atoms with Gasteiger partial charge in [-0.05, 0) is 31.6 Å². The minimum atomic E-state index is -0.0383. The van der Waals surface area contributed by atoms with Crippen LogP contribution in [0.4, 0.5) is 9.93 Å². The van der Waals surface area contributed by atoms with Crippen molar-refractivity contribution >= 4 is 22.5 Å². The highest BCUT2D eigenvalue weighted by atomic mass is 32.1. The summed E-state index contributed by atoms with van der Waals surface area (Å²) in [7, 11) is 4.00. The molecule has 0 spiro atoms. The lowest BCUT2D eigenvalue weighted by atomic mass is 9.80. The molecule has 1 fully saturated rings. The molecule has 24 heavy (non-hydrogen) atoms. The molecule has 2 amide bonds. The quantitative estimate of drug-likeness (QED) is 0.789. The number of hydrogen-bond donors (Lipinski definition) is 2. The fraction of sp³-hybridized carbons (Fsp3) is 0.778.